The number of carbonyl (C=O) groups excluding carboxylic acids is 1. The highest BCUT2D eigenvalue weighted by molar-refractivity contribution is 7.20. The summed E-state index contributed by atoms with van der Waals surface area (Å²) in [6, 6.07) is -1.31. The molecule has 22 heavy (non-hydrogen) atoms. The Labute approximate surface area is 128 Å². The lowest BCUT2D eigenvalue weighted by molar-refractivity contribution is -0.140. The molecular weight excluding hydrogens is 312 g/mol. The van der Waals surface area contributed by atoms with Crippen LogP contribution >= 0.6 is 11.3 Å². The monoisotopic (exact) mass is 326 g/mol. The van der Waals surface area contributed by atoms with E-state index in [0.29, 0.717) is 10.1 Å². The number of hydrogen-bond acceptors (Lipinski definition) is 6. The molecule has 0 amide bonds. The minimum atomic E-state index is -1.31. The molecule has 0 fully saturated rings. The van der Waals surface area contributed by atoms with Crippen LogP contribution in [0.3, 0.4) is 0 Å². The van der Waals surface area contributed by atoms with Crippen LogP contribution in [0.25, 0.3) is 10.2 Å². The van der Waals surface area contributed by atoms with Crippen LogP contribution in [-0.2, 0) is 9.53 Å². The molecule has 9 heteroatoms. The Morgan fingerprint density at radius 1 is 1.41 bits per heavy atom. The van der Waals surface area contributed by atoms with Crippen LogP contribution in [0.15, 0.2) is 9.59 Å². The summed E-state index contributed by atoms with van der Waals surface area (Å²) in [5.74, 6) is -1.88. The van der Waals surface area contributed by atoms with Crippen LogP contribution < -0.4 is 11.2 Å². The number of carboxylic acids is 1. The Kier molecular flexibility index (Phi) is 4.18. The quantitative estimate of drug-likeness (QED) is 0.805. The van der Waals surface area contributed by atoms with Crippen molar-refractivity contribution >= 4 is 33.5 Å². The topological polar surface area (TPSA) is 118 Å². The van der Waals surface area contributed by atoms with Crippen LogP contribution in [0, 0.1) is 6.92 Å². The van der Waals surface area contributed by atoms with Gasteiger partial charge in [0.2, 0.25) is 0 Å². The predicted molar refractivity (Wildman–Crippen MR) is 79.7 cm³/mol. The molecule has 2 rings (SSSR count). The lowest BCUT2D eigenvalue weighted by Gasteiger charge is -2.08. The summed E-state index contributed by atoms with van der Waals surface area (Å²) in [6.07, 6.45) is 0. The van der Waals surface area contributed by atoms with Crippen molar-refractivity contribution in [2.45, 2.75) is 26.8 Å². The summed E-state index contributed by atoms with van der Waals surface area (Å²) < 4.78 is 5.53. The molecule has 0 aliphatic rings. The Hall–Kier alpha value is -2.42. The van der Waals surface area contributed by atoms with Crippen LogP contribution in [-0.4, -0.2) is 33.2 Å². The van der Waals surface area contributed by atoms with Gasteiger partial charge in [0, 0.05) is 0 Å². The normalized spacial score (nSPS) is 12.3. The molecule has 0 aliphatic carbocycles. The van der Waals surface area contributed by atoms with E-state index in [4.69, 9.17) is 9.84 Å². The maximum Gasteiger partial charge on any atom is 0.348 e. The van der Waals surface area contributed by atoms with Gasteiger partial charge in [0.05, 0.1) is 12.0 Å². The summed E-state index contributed by atoms with van der Waals surface area (Å²) >= 11 is 0.938. The number of hydrogen-bond donors (Lipinski definition) is 2. The molecule has 0 radical (unpaired) electrons. The van der Waals surface area contributed by atoms with E-state index in [2.05, 4.69) is 4.98 Å². The summed E-state index contributed by atoms with van der Waals surface area (Å²) in [6.45, 7) is 4.63. The average molecular weight is 326 g/mol. The van der Waals surface area contributed by atoms with Gasteiger partial charge in [-0.2, -0.15) is 0 Å². The number of nitrogens with one attached hydrogen (secondary N) is 1. The van der Waals surface area contributed by atoms with Crippen LogP contribution in [0.2, 0.25) is 0 Å². The maximum absolute atomic E-state index is 12.4. The van der Waals surface area contributed by atoms with E-state index in [1.165, 1.54) is 6.92 Å². The first-order valence-electron chi connectivity index (χ1n) is 6.47. The zero-order chi connectivity index (χ0) is 16.6. The van der Waals surface area contributed by atoms with Crippen molar-refractivity contribution in [3.05, 3.63) is 31.3 Å². The minimum absolute atomic E-state index is 0.126. The van der Waals surface area contributed by atoms with E-state index in [-0.39, 0.29) is 21.7 Å². The van der Waals surface area contributed by atoms with Gasteiger partial charge in [-0.25, -0.2) is 19.0 Å². The highest BCUT2D eigenvalue weighted by Crippen LogP contribution is 2.27. The molecule has 0 saturated heterocycles. The van der Waals surface area contributed by atoms with Gasteiger partial charge in [0.1, 0.15) is 15.7 Å². The zero-order valence-corrected chi connectivity index (χ0v) is 12.9. The first kappa shape index (κ1) is 16.0. The Bertz CT molecular complexity index is 875. The van der Waals surface area contributed by atoms with Gasteiger partial charge in [-0.1, -0.05) is 0 Å². The first-order chi connectivity index (χ1) is 10.3. The van der Waals surface area contributed by atoms with Crippen molar-refractivity contribution in [2.24, 2.45) is 0 Å². The van der Waals surface area contributed by atoms with E-state index in [9.17, 15) is 19.2 Å². The van der Waals surface area contributed by atoms with E-state index in [0.717, 1.165) is 11.3 Å². The van der Waals surface area contributed by atoms with Gasteiger partial charge < -0.3 is 9.84 Å². The molecule has 2 aromatic heterocycles. The molecule has 0 aliphatic heterocycles. The van der Waals surface area contributed by atoms with Crippen LogP contribution in [0.1, 0.15) is 35.1 Å². The third-order valence-electron chi connectivity index (χ3n) is 3.22. The molecule has 0 spiro atoms. The number of aromatic nitrogens is 2. The maximum atomic E-state index is 12.4. The summed E-state index contributed by atoms with van der Waals surface area (Å²) in [7, 11) is 0. The van der Waals surface area contributed by atoms with Gasteiger partial charge >= 0.3 is 17.6 Å². The van der Waals surface area contributed by atoms with Crippen LogP contribution in [0.5, 0.6) is 0 Å². The number of ether oxygens (including phenoxy) is 1. The molecular formula is C13H14N2O6S. The van der Waals surface area contributed by atoms with Gasteiger partial charge in [-0.05, 0) is 26.3 Å². The molecule has 8 nitrogen and oxygen atoms in total. The highest BCUT2D eigenvalue weighted by atomic mass is 32.1. The summed E-state index contributed by atoms with van der Waals surface area (Å²) in [5, 5.41) is 9.13. The standard InChI is InChI=1S/C13H14N2O6S/c1-4-21-12(19)8-5(2)7-9(22-8)14-13(20)15(10(7)16)6(3)11(17)18/h6H,4H2,1-3H3,(H,14,20)(H,17,18). The number of rotatable bonds is 4. The molecule has 0 bridgehead atoms. The van der Waals surface area contributed by atoms with Crippen LogP contribution in [0.4, 0.5) is 0 Å². The third-order valence-corrected chi connectivity index (χ3v) is 4.41. The average Bonchev–Trinajstić information content (AvgIpc) is 2.75. The van der Waals surface area contributed by atoms with E-state index in [1.54, 1.807) is 13.8 Å². The number of fused-ring (bicyclic) bond motifs is 1. The number of esters is 1. The first-order valence-corrected chi connectivity index (χ1v) is 7.29. The Morgan fingerprint density at radius 3 is 2.59 bits per heavy atom. The fourth-order valence-corrected chi connectivity index (χ4v) is 3.16. The third kappa shape index (κ3) is 2.43. The van der Waals surface area contributed by atoms with Gasteiger partial charge in [0.15, 0.2) is 0 Å². The molecule has 118 valence electrons. The molecule has 2 aromatic rings. The van der Waals surface area contributed by atoms with Gasteiger partial charge in [-0.15, -0.1) is 11.3 Å². The number of carbonyl (C=O) groups is 2. The lowest BCUT2D eigenvalue weighted by Crippen LogP contribution is -2.39. The Morgan fingerprint density at radius 2 is 2.05 bits per heavy atom. The lowest BCUT2D eigenvalue weighted by atomic mass is 10.2. The number of aliphatic carboxylic acids is 1. The van der Waals surface area contributed by atoms with Gasteiger partial charge in [0.25, 0.3) is 5.56 Å². The van der Waals surface area contributed by atoms with E-state index in [1.807, 2.05) is 0 Å². The van der Waals surface area contributed by atoms with Crippen molar-refractivity contribution in [3.8, 4) is 0 Å². The van der Waals surface area contributed by atoms with E-state index < -0.39 is 29.2 Å². The number of H-pyrrole nitrogens is 1. The largest absolute Gasteiger partial charge is 0.480 e. The van der Waals surface area contributed by atoms with Crippen molar-refractivity contribution in [3.63, 3.8) is 0 Å². The second-order valence-corrected chi connectivity index (χ2v) is 5.62. The highest BCUT2D eigenvalue weighted by Gasteiger charge is 2.24. The fourth-order valence-electron chi connectivity index (χ4n) is 2.08. The number of carboxylic acid groups (broad SMARTS) is 1. The van der Waals surface area contributed by atoms with Gasteiger partial charge in [-0.3, -0.25) is 9.78 Å². The summed E-state index contributed by atoms with van der Waals surface area (Å²) in [4.78, 5) is 50.2. The molecule has 1 unspecified atom stereocenters. The molecule has 2 heterocycles. The predicted octanol–water partition coefficient (Wildman–Crippen LogP) is 0.882. The minimum Gasteiger partial charge on any atom is -0.480 e. The molecule has 0 saturated carbocycles. The fraction of sp³-hybridized carbons (Fsp3) is 0.385. The summed E-state index contributed by atoms with van der Waals surface area (Å²) in [5.41, 5.74) is -1.20. The smallest absolute Gasteiger partial charge is 0.348 e. The SMILES string of the molecule is CCOC(=O)c1sc2[nH]c(=O)n(C(C)C(=O)O)c(=O)c2c1C. The van der Waals surface area contributed by atoms with E-state index >= 15 is 0 Å². The van der Waals surface area contributed by atoms with Crippen molar-refractivity contribution in [2.75, 3.05) is 6.61 Å². The van der Waals surface area contributed by atoms with Crippen molar-refractivity contribution in [1.82, 2.24) is 9.55 Å². The van der Waals surface area contributed by atoms with Crippen molar-refractivity contribution < 1.29 is 19.4 Å². The second kappa shape index (κ2) is 5.76. The molecule has 2 N–H and O–H groups in total. The number of thiophene rings is 1. The number of nitrogens with zero attached hydrogens (tertiary/aromatic N) is 1. The molecule has 0 aromatic carbocycles. The zero-order valence-electron chi connectivity index (χ0n) is 12.1. The number of aromatic amines is 1. The van der Waals surface area contributed by atoms with Crippen molar-refractivity contribution in [1.29, 1.82) is 0 Å². The Balaban J connectivity index is 2.78. The number of aryl methyl sites for hydroxylation is 1. The molecule has 1 atom stereocenters. The second-order valence-electron chi connectivity index (χ2n) is 4.60.